The molecule has 4 heteroatoms. The Hall–Kier alpha value is -0.870. The molecule has 0 bridgehead atoms. The lowest BCUT2D eigenvalue weighted by Gasteiger charge is -2.62. The second-order valence-corrected chi connectivity index (χ2v) is 14.4. The SMILES string of the molecule is CC(C)(O)CCC[C@H](C(=O)O)[C@@H]1CC[C@]2(C)C3=C(CC[C@@]12C)[C@@]1(C)CC[C@@H](O)C(C)(C)[C@@H]1CC3. The van der Waals surface area contributed by atoms with Gasteiger partial charge in [-0.3, -0.25) is 4.79 Å². The van der Waals surface area contributed by atoms with Gasteiger partial charge in [-0.2, -0.15) is 0 Å². The number of aliphatic hydroxyl groups excluding tert-OH is 1. The van der Waals surface area contributed by atoms with Gasteiger partial charge in [0, 0.05) is 0 Å². The molecule has 0 aromatic rings. The molecular formula is C30H50O4. The maximum Gasteiger partial charge on any atom is 0.306 e. The molecule has 2 fully saturated rings. The summed E-state index contributed by atoms with van der Waals surface area (Å²) < 4.78 is 0. The van der Waals surface area contributed by atoms with Crippen LogP contribution in [0.5, 0.6) is 0 Å². The molecule has 0 heterocycles. The molecule has 0 spiro atoms. The van der Waals surface area contributed by atoms with Gasteiger partial charge in [0.25, 0.3) is 0 Å². The normalized spacial score (nSPS) is 42.6. The van der Waals surface area contributed by atoms with Gasteiger partial charge in [0.15, 0.2) is 0 Å². The summed E-state index contributed by atoms with van der Waals surface area (Å²) in [5.41, 5.74) is 2.79. The van der Waals surface area contributed by atoms with Crippen molar-refractivity contribution in [1.82, 2.24) is 0 Å². The Morgan fingerprint density at radius 2 is 1.68 bits per heavy atom. The highest BCUT2D eigenvalue weighted by Crippen LogP contribution is 2.72. The summed E-state index contributed by atoms with van der Waals surface area (Å²) in [6, 6.07) is 0. The van der Waals surface area contributed by atoms with Crippen LogP contribution in [0.15, 0.2) is 11.1 Å². The number of fused-ring (bicyclic) bond motifs is 4. The van der Waals surface area contributed by atoms with E-state index in [0.717, 1.165) is 57.8 Å². The van der Waals surface area contributed by atoms with Crippen molar-refractivity contribution < 1.29 is 20.1 Å². The molecule has 0 aromatic carbocycles. The Kier molecular flexibility index (Phi) is 6.42. The quantitative estimate of drug-likeness (QED) is 0.373. The number of hydrogen-bond donors (Lipinski definition) is 3. The summed E-state index contributed by atoms with van der Waals surface area (Å²) >= 11 is 0. The predicted octanol–water partition coefficient (Wildman–Crippen LogP) is 6.74. The number of carboxylic acids is 1. The van der Waals surface area contributed by atoms with Crippen molar-refractivity contribution in [3.05, 3.63) is 11.1 Å². The lowest BCUT2D eigenvalue weighted by molar-refractivity contribution is -0.147. The number of aliphatic hydroxyl groups is 2. The average Bonchev–Trinajstić information content (AvgIpc) is 2.99. The van der Waals surface area contributed by atoms with Gasteiger partial charge >= 0.3 is 5.97 Å². The Balaban J connectivity index is 1.65. The molecule has 0 aromatic heterocycles. The van der Waals surface area contributed by atoms with E-state index in [-0.39, 0.29) is 39.6 Å². The first-order valence-corrected chi connectivity index (χ1v) is 13.9. The number of carboxylic acid groups (broad SMARTS) is 1. The first kappa shape index (κ1) is 26.2. The zero-order valence-corrected chi connectivity index (χ0v) is 22.8. The largest absolute Gasteiger partial charge is 0.481 e. The topological polar surface area (TPSA) is 77.8 Å². The van der Waals surface area contributed by atoms with Crippen LogP contribution in [0.4, 0.5) is 0 Å². The summed E-state index contributed by atoms with van der Waals surface area (Å²) in [6.07, 6.45) is 10.3. The molecule has 0 aliphatic heterocycles. The van der Waals surface area contributed by atoms with Crippen molar-refractivity contribution >= 4 is 5.97 Å². The molecule has 0 unspecified atom stereocenters. The first-order chi connectivity index (χ1) is 15.6. The highest BCUT2D eigenvalue weighted by atomic mass is 16.4. The molecule has 34 heavy (non-hydrogen) atoms. The highest BCUT2D eigenvalue weighted by molar-refractivity contribution is 5.70. The molecule has 3 N–H and O–H groups in total. The van der Waals surface area contributed by atoms with Gasteiger partial charge in [0.2, 0.25) is 0 Å². The fraction of sp³-hybridized carbons (Fsp3) is 0.900. The van der Waals surface area contributed by atoms with E-state index in [2.05, 4.69) is 34.6 Å². The van der Waals surface area contributed by atoms with Crippen LogP contribution in [0.2, 0.25) is 0 Å². The van der Waals surface area contributed by atoms with E-state index in [4.69, 9.17) is 0 Å². The second kappa shape index (κ2) is 8.33. The molecule has 7 atom stereocenters. The van der Waals surface area contributed by atoms with Crippen LogP contribution in [-0.4, -0.2) is 33.0 Å². The lowest BCUT2D eigenvalue weighted by Crippen LogP contribution is -2.55. The highest BCUT2D eigenvalue weighted by Gasteiger charge is 2.64. The molecule has 0 amide bonds. The van der Waals surface area contributed by atoms with Gasteiger partial charge in [-0.1, -0.05) is 45.8 Å². The van der Waals surface area contributed by atoms with Crippen molar-refractivity contribution in [3.8, 4) is 0 Å². The molecule has 2 saturated carbocycles. The third kappa shape index (κ3) is 3.81. The second-order valence-electron chi connectivity index (χ2n) is 14.4. The number of carbonyl (C=O) groups is 1. The summed E-state index contributed by atoms with van der Waals surface area (Å²) in [4.78, 5) is 12.5. The molecular weight excluding hydrogens is 424 g/mol. The number of allylic oxidation sites excluding steroid dienone is 2. The summed E-state index contributed by atoms with van der Waals surface area (Å²) in [7, 11) is 0. The fourth-order valence-corrected chi connectivity index (χ4v) is 9.61. The van der Waals surface area contributed by atoms with Crippen LogP contribution >= 0.6 is 0 Å². The van der Waals surface area contributed by atoms with Crippen LogP contribution < -0.4 is 0 Å². The maximum absolute atomic E-state index is 12.5. The summed E-state index contributed by atoms with van der Waals surface area (Å²) in [6.45, 7) is 15.5. The standard InChI is InChI=1S/C30H50O4/c1-26(2,34)15-8-9-19(25(32)33)20-12-17-30(7)22-10-11-23-27(3,4)24(31)14-16-28(23,5)21(22)13-18-29(20,30)6/h19-20,23-24,31,34H,8-18H2,1-7H3,(H,32,33)/t19-,20-,23-,24+,28+,29-,30+/m0/s1. The van der Waals surface area contributed by atoms with Crippen LogP contribution in [0.3, 0.4) is 0 Å². The van der Waals surface area contributed by atoms with E-state index in [1.54, 1.807) is 11.1 Å². The van der Waals surface area contributed by atoms with Crippen molar-refractivity contribution in [2.45, 2.75) is 131 Å². The Labute approximate surface area is 207 Å². The molecule has 4 aliphatic rings. The van der Waals surface area contributed by atoms with Gasteiger partial charge in [0.05, 0.1) is 17.6 Å². The average molecular weight is 475 g/mol. The minimum Gasteiger partial charge on any atom is -0.481 e. The molecule has 0 radical (unpaired) electrons. The van der Waals surface area contributed by atoms with E-state index >= 15 is 0 Å². The minimum absolute atomic E-state index is 0.0104. The third-order valence-corrected chi connectivity index (χ3v) is 11.9. The van der Waals surface area contributed by atoms with E-state index in [1.165, 1.54) is 0 Å². The number of aliphatic carboxylic acids is 1. The summed E-state index contributed by atoms with van der Waals surface area (Å²) in [5.74, 6) is -0.265. The molecule has 0 saturated heterocycles. The van der Waals surface area contributed by atoms with E-state index in [1.807, 2.05) is 13.8 Å². The predicted molar refractivity (Wildman–Crippen MR) is 136 cm³/mol. The van der Waals surface area contributed by atoms with E-state index in [0.29, 0.717) is 18.8 Å². The lowest BCUT2D eigenvalue weighted by atomic mass is 9.43. The molecule has 4 nitrogen and oxygen atoms in total. The number of rotatable bonds is 6. The fourth-order valence-electron chi connectivity index (χ4n) is 9.61. The van der Waals surface area contributed by atoms with Gasteiger partial charge in [-0.25, -0.2) is 0 Å². The third-order valence-electron chi connectivity index (χ3n) is 11.9. The van der Waals surface area contributed by atoms with Crippen LogP contribution in [0.1, 0.15) is 119 Å². The molecule has 194 valence electrons. The van der Waals surface area contributed by atoms with Gasteiger partial charge in [-0.15, -0.1) is 0 Å². The molecule has 4 rings (SSSR count). The molecule has 4 aliphatic carbocycles. The van der Waals surface area contributed by atoms with Gasteiger partial charge in [-0.05, 0) is 118 Å². The van der Waals surface area contributed by atoms with Crippen molar-refractivity contribution in [3.63, 3.8) is 0 Å². The summed E-state index contributed by atoms with van der Waals surface area (Å²) in [5, 5.41) is 31.2. The van der Waals surface area contributed by atoms with Crippen molar-refractivity contribution in [1.29, 1.82) is 0 Å². The van der Waals surface area contributed by atoms with Crippen molar-refractivity contribution in [2.75, 3.05) is 0 Å². The van der Waals surface area contributed by atoms with Crippen LogP contribution in [0, 0.1) is 39.4 Å². The van der Waals surface area contributed by atoms with Gasteiger partial charge < -0.3 is 15.3 Å². The van der Waals surface area contributed by atoms with Crippen LogP contribution in [-0.2, 0) is 4.79 Å². The van der Waals surface area contributed by atoms with Crippen molar-refractivity contribution in [2.24, 2.45) is 39.4 Å². The smallest absolute Gasteiger partial charge is 0.306 e. The minimum atomic E-state index is -0.739. The van der Waals surface area contributed by atoms with Crippen LogP contribution in [0.25, 0.3) is 0 Å². The van der Waals surface area contributed by atoms with Gasteiger partial charge in [0.1, 0.15) is 0 Å². The monoisotopic (exact) mass is 474 g/mol. The van der Waals surface area contributed by atoms with E-state index < -0.39 is 11.6 Å². The number of hydrogen-bond acceptors (Lipinski definition) is 3. The Morgan fingerprint density at radius 3 is 2.29 bits per heavy atom. The zero-order valence-electron chi connectivity index (χ0n) is 22.8. The first-order valence-electron chi connectivity index (χ1n) is 13.9. The Morgan fingerprint density at radius 1 is 1.00 bits per heavy atom. The maximum atomic E-state index is 12.5. The zero-order chi connectivity index (χ0) is 25.3. The van der Waals surface area contributed by atoms with E-state index in [9.17, 15) is 20.1 Å². The Bertz CT molecular complexity index is 850.